The van der Waals surface area contributed by atoms with Crippen LogP contribution in [0.25, 0.3) is 10.8 Å². The Morgan fingerprint density at radius 3 is 1.72 bits per heavy atom. The maximum atomic E-state index is 12.9. The summed E-state index contributed by atoms with van der Waals surface area (Å²) in [5.74, 6) is -5.37. The largest absolute Gasteiger partial charge is 0.505 e. The van der Waals surface area contributed by atoms with Crippen molar-refractivity contribution in [1.82, 2.24) is 15.0 Å². The first-order valence-corrected chi connectivity index (χ1v) is 24.4. The molecular weight excluding hydrogens is 970 g/mol. The second kappa shape index (κ2) is 16.5. The van der Waals surface area contributed by atoms with Gasteiger partial charge in [-0.05, 0) is 59.5 Å². The number of anilines is 4. The molecule has 0 saturated carbocycles. The van der Waals surface area contributed by atoms with Gasteiger partial charge in [-0.2, -0.15) is 57.0 Å². The van der Waals surface area contributed by atoms with E-state index >= 15 is 0 Å². The molecule has 9 N–H and O–H groups in total. The lowest BCUT2D eigenvalue weighted by Gasteiger charge is -2.16. The minimum atomic E-state index is -5.43. The van der Waals surface area contributed by atoms with Gasteiger partial charge in [-0.1, -0.05) is 12.1 Å². The quantitative estimate of drug-likeness (QED) is 0.0413. The summed E-state index contributed by atoms with van der Waals surface area (Å²) in [6, 6.07) is 6.91. The topological polar surface area (TPSA) is 443 Å². The molecule has 0 aliphatic rings. The van der Waals surface area contributed by atoms with Gasteiger partial charge in [-0.25, -0.2) is 12.6 Å². The smallest absolute Gasteiger partial charge is 0.397 e. The lowest BCUT2D eigenvalue weighted by Crippen LogP contribution is -2.16. The van der Waals surface area contributed by atoms with Gasteiger partial charge in [0.15, 0.2) is 21.3 Å². The molecule has 0 aliphatic heterocycles. The summed E-state index contributed by atoms with van der Waals surface area (Å²) in [5.41, 5.74) is -3.25. The third-order valence-corrected chi connectivity index (χ3v) is 13.2. The number of nitrogens with one attached hydrogen (secondary N) is 2. The Bertz CT molecular complexity index is 3370. The third kappa shape index (κ3) is 11.2. The van der Waals surface area contributed by atoms with Crippen molar-refractivity contribution in [2.45, 2.75) is 24.5 Å². The molecule has 0 unspecified atom stereocenters. The predicted molar refractivity (Wildman–Crippen MR) is 205 cm³/mol. The number of nitrogens with zero attached hydrogens (tertiary/aromatic N) is 5. The molecule has 0 spiro atoms. The van der Waals surface area contributed by atoms with Crippen LogP contribution in [0.2, 0.25) is 5.28 Å². The van der Waals surface area contributed by atoms with Gasteiger partial charge in [-0.3, -0.25) is 22.8 Å². The van der Waals surface area contributed by atoms with Crippen LogP contribution in [0.1, 0.15) is 0 Å². The molecule has 27 nitrogen and oxygen atoms in total. The zero-order chi connectivity index (χ0) is 45.7. The highest BCUT2D eigenvalue weighted by Crippen LogP contribution is 2.46. The molecule has 5 aromatic rings. The van der Waals surface area contributed by atoms with Crippen molar-refractivity contribution in [3.8, 4) is 11.5 Å². The summed E-state index contributed by atoms with van der Waals surface area (Å²) in [7, 11) is -30.9. The van der Waals surface area contributed by atoms with E-state index in [0.717, 1.165) is 12.1 Å². The minimum absolute atomic E-state index is 0.278. The molecule has 0 aliphatic carbocycles. The normalized spacial score (nSPS) is 13.1. The zero-order valence-corrected chi connectivity index (χ0v) is 34.8. The molecule has 0 fully saturated rings. The highest BCUT2D eigenvalue weighted by Gasteiger charge is 2.28. The fourth-order valence-corrected chi connectivity index (χ4v) is 9.21. The lowest BCUT2D eigenvalue weighted by molar-refractivity contribution is 0.284. The molecule has 328 valence electrons. The number of halogens is 1. The monoisotopic (exact) mass is 991 g/mol. The number of hydrogen-bond acceptors (Lipinski definition) is 22. The highest BCUT2D eigenvalue weighted by molar-refractivity contribution is 7.91. The van der Waals surface area contributed by atoms with E-state index in [1.807, 2.05) is 0 Å². The number of fused-ring (bicyclic) bond motifs is 1. The molecule has 4 aromatic carbocycles. The van der Waals surface area contributed by atoms with Gasteiger partial charge < -0.3 is 20.8 Å². The van der Waals surface area contributed by atoms with Crippen LogP contribution >= 0.6 is 11.6 Å². The molecule has 0 radical (unpaired) electrons. The van der Waals surface area contributed by atoms with Gasteiger partial charge >= 0.3 is 10.4 Å². The van der Waals surface area contributed by atoms with Crippen molar-refractivity contribution in [1.29, 1.82) is 0 Å². The van der Waals surface area contributed by atoms with E-state index in [4.69, 9.17) is 16.2 Å². The Morgan fingerprint density at radius 2 is 1.16 bits per heavy atom. The SMILES string of the molecule is O=S(=O)(O)OCCS(=O)(=O)c1cc(Nc2nc(Cl)nc(Nc3cc(S(=O)(=O)O)cc4cc(S(=O)(=O)O)c(N=Nc5ccccc5S(=O)(=O)O)c(O)c34)n2)c(O)c(S(=O)(=O)O)c1. The molecule has 0 amide bonds. The standard InChI is InChI=1S/C27H22ClN7O20S6/c28-25-31-26(33-27(32-25)30-17-9-13(11-20(23(17)36)60(49,50)51)56(38,39)6-5-55-61(52,53)54)29-16-10-14(57(40,41)42)7-12-8-19(59(46,47)48)22(24(37)21(12)16)35-34-15-3-1-2-4-18(15)58(43,44)45/h1-4,7-11,36-37H,5-6H2,(H,40,41,42)(H,43,44,45)(H,46,47,48)(H,49,50,51)(H,52,53,54)(H2,29,30,31,32,33). The number of sulfone groups is 1. The van der Waals surface area contributed by atoms with Gasteiger partial charge in [-0.15, -0.1) is 10.2 Å². The van der Waals surface area contributed by atoms with Crippen molar-refractivity contribution >= 4 is 118 Å². The van der Waals surface area contributed by atoms with E-state index < -0.39 is 160 Å². The number of phenols is 2. The first-order chi connectivity index (χ1) is 27.8. The van der Waals surface area contributed by atoms with E-state index in [0.29, 0.717) is 24.3 Å². The number of aromatic nitrogens is 3. The zero-order valence-electron chi connectivity index (χ0n) is 29.1. The maximum Gasteiger partial charge on any atom is 0.397 e. The molecule has 5 rings (SSSR count). The van der Waals surface area contributed by atoms with Crippen LogP contribution in [0.5, 0.6) is 11.5 Å². The lowest BCUT2D eigenvalue weighted by atomic mass is 10.1. The van der Waals surface area contributed by atoms with Crippen LogP contribution in [0.4, 0.5) is 34.6 Å². The number of phenolic OH excluding ortho intramolecular Hbond substituents is 2. The van der Waals surface area contributed by atoms with E-state index in [-0.39, 0.29) is 6.07 Å². The van der Waals surface area contributed by atoms with Gasteiger partial charge in [0.25, 0.3) is 40.5 Å². The second-order valence-corrected chi connectivity index (χ2v) is 20.7. The van der Waals surface area contributed by atoms with Crippen LogP contribution in [0.3, 0.4) is 0 Å². The van der Waals surface area contributed by atoms with Gasteiger partial charge in [0.2, 0.25) is 17.2 Å². The minimum Gasteiger partial charge on any atom is -0.505 e. The van der Waals surface area contributed by atoms with Crippen molar-refractivity contribution in [2.24, 2.45) is 10.2 Å². The molecule has 34 heteroatoms. The summed E-state index contributed by atoms with van der Waals surface area (Å²) in [5, 5.41) is 31.9. The van der Waals surface area contributed by atoms with E-state index in [9.17, 15) is 78.9 Å². The molecular formula is C27H22ClN7O20S6. The van der Waals surface area contributed by atoms with Gasteiger partial charge in [0.1, 0.15) is 26.1 Å². The number of benzene rings is 4. The van der Waals surface area contributed by atoms with Crippen LogP contribution in [-0.2, 0) is 64.9 Å². The van der Waals surface area contributed by atoms with Crippen LogP contribution in [0, 0.1) is 0 Å². The fraction of sp³-hybridized carbons (Fsp3) is 0.0741. The summed E-state index contributed by atoms with van der Waals surface area (Å²) >= 11 is 6.03. The van der Waals surface area contributed by atoms with Crippen molar-refractivity contribution in [2.75, 3.05) is 23.0 Å². The van der Waals surface area contributed by atoms with Crippen molar-refractivity contribution < 1.29 is 87.7 Å². The molecule has 0 bridgehead atoms. The van der Waals surface area contributed by atoms with Crippen molar-refractivity contribution in [3.63, 3.8) is 0 Å². The Balaban J connectivity index is 1.68. The molecule has 0 saturated heterocycles. The highest BCUT2D eigenvalue weighted by atomic mass is 35.5. The van der Waals surface area contributed by atoms with E-state index in [1.54, 1.807) is 0 Å². The third-order valence-electron chi connectivity index (χ3n) is 7.47. The Hall–Kier alpha value is -5.30. The number of aromatic hydroxyl groups is 2. The van der Waals surface area contributed by atoms with Gasteiger partial charge in [0, 0.05) is 5.39 Å². The average molecular weight is 992 g/mol. The Kier molecular flexibility index (Phi) is 12.7. The summed E-state index contributed by atoms with van der Waals surface area (Å²) in [4.78, 5) is 5.79. The predicted octanol–water partition coefficient (Wildman–Crippen LogP) is 2.57. The van der Waals surface area contributed by atoms with Crippen LogP contribution < -0.4 is 10.6 Å². The summed E-state index contributed by atoms with van der Waals surface area (Å²) < 4.78 is 197. The number of rotatable bonds is 15. The molecule has 61 heavy (non-hydrogen) atoms. The van der Waals surface area contributed by atoms with Crippen molar-refractivity contribution in [3.05, 3.63) is 59.9 Å². The average Bonchev–Trinajstić information content (AvgIpc) is 3.09. The molecule has 1 aromatic heterocycles. The van der Waals surface area contributed by atoms with Crippen LogP contribution in [-0.4, -0.2) is 111 Å². The van der Waals surface area contributed by atoms with E-state index in [1.165, 1.54) is 12.1 Å². The summed E-state index contributed by atoms with van der Waals surface area (Å²) in [6.45, 7) is -1.18. The first kappa shape index (κ1) is 46.8. The number of hydrogen-bond donors (Lipinski definition) is 9. The maximum absolute atomic E-state index is 12.9. The molecule has 0 atom stereocenters. The fourth-order valence-electron chi connectivity index (χ4n) is 4.99. The summed E-state index contributed by atoms with van der Waals surface area (Å²) in [6.07, 6.45) is 0. The Morgan fingerprint density at radius 1 is 0.607 bits per heavy atom. The molecule has 1 heterocycles. The van der Waals surface area contributed by atoms with Gasteiger partial charge in [0.05, 0.1) is 33.5 Å². The van der Waals surface area contributed by atoms with E-state index in [2.05, 4.69) is 40.0 Å². The second-order valence-electron chi connectivity index (χ2n) is 11.6. The number of azo groups is 1. The Labute approximate surface area is 347 Å². The first-order valence-electron chi connectivity index (χ1n) is 15.3. The van der Waals surface area contributed by atoms with Crippen LogP contribution in [0.15, 0.2) is 89.3 Å².